The molecule has 4 rings (SSSR count). The molecule has 5 heteroatoms. The van der Waals surface area contributed by atoms with Crippen LogP contribution in [0.15, 0.2) is 76.1 Å². The Bertz CT molecular complexity index is 1090. The van der Waals surface area contributed by atoms with Gasteiger partial charge in [0.15, 0.2) is 5.58 Å². The molecule has 122 valence electrons. The Kier molecular flexibility index (Phi) is 3.96. The number of phenolic OH excluding ortho intramolecular Hbond substituents is 1. The van der Waals surface area contributed by atoms with Crippen molar-refractivity contribution >= 4 is 34.6 Å². The number of rotatable bonds is 3. The number of nitrogens with zero attached hydrogens (tertiary/aromatic N) is 2. The maximum absolute atomic E-state index is 9.78. The van der Waals surface area contributed by atoms with Gasteiger partial charge in [0.25, 0.3) is 0 Å². The Balaban J connectivity index is 1.69. The van der Waals surface area contributed by atoms with Crippen molar-refractivity contribution in [2.75, 3.05) is 0 Å². The van der Waals surface area contributed by atoms with E-state index < -0.39 is 0 Å². The molecule has 1 N–H and O–H groups in total. The first-order valence-electron chi connectivity index (χ1n) is 7.68. The zero-order valence-electron chi connectivity index (χ0n) is 13.1. The molecule has 0 fully saturated rings. The van der Waals surface area contributed by atoms with E-state index in [0.717, 1.165) is 11.3 Å². The monoisotopic (exact) mass is 348 g/mol. The maximum Gasteiger partial charge on any atom is 0.228 e. The number of aliphatic imine (C=N–C) groups is 1. The molecule has 3 aromatic carbocycles. The molecule has 4 aromatic rings. The summed E-state index contributed by atoms with van der Waals surface area (Å²) in [5.74, 6) is 0.664. The van der Waals surface area contributed by atoms with Crippen molar-refractivity contribution in [2.24, 2.45) is 4.99 Å². The van der Waals surface area contributed by atoms with Crippen LogP contribution in [0.4, 0.5) is 5.69 Å². The molecule has 0 amide bonds. The third-order valence-corrected chi connectivity index (χ3v) is 4.09. The van der Waals surface area contributed by atoms with E-state index in [-0.39, 0.29) is 5.75 Å². The van der Waals surface area contributed by atoms with Crippen LogP contribution in [-0.4, -0.2) is 16.3 Å². The molecule has 25 heavy (non-hydrogen) atoms. The molecule has 0 saturated carbocycles. The number of aromatic hydroxyl groups is 1. The van der Waals surface area contributed by atoms with Crippen molar-refractivity contribution in [3.8, 4) is 17.2 Å². The van der Waals surface area contributed by atoms with Crippen LogP contribution in [0.3, 0.4) is 0 Å². The van der Waals surface area contributed by atoms with Gasteiger partial charge in [-0.05, 0) is 42.5 Å². The minimum atomic E-state index is 0.190. The maximum atomic E-state index is 9.78. The molecule has 0 atom stereocenters. The summed E-state index contributed by atoms with van der Waals surface area (Å²) in [6.45, 7) is 0. The van der Waals surface area contributed by atoms with Gasteiger partial charge in [0.05, 0.1) is 16.3 Å². The molecule has 1 aromatic heterocycles. The topological polar surface area (TPSA) is 58.6 Å². The lowest BCUT2D eigenvalue weighted by atomic mass is 10.2. The Hall–Kier alpha value is -3.11. The SMILES string of the molecule is Oc1ccccc1C=Nc1ccc2oc(-c3ccccc3Cl)nc2c1. The smallest absolute Gasteiger partial charge is 0.228 e. The number of aromatic nitrogens is 1. The average Bonchev–Trinajstić information content (AvgIpc) is 3.04. The van der Waals surface area contributed by atoms with Gasteiger partial charge in [0.1, 0.15) is 11.3 Å². The van der Waals surface area contributed by atoms with E-state index in [0.29, 0.717) is 27.6 Å². The van der Waals surface area contributed by atoms with E-state index in [4.69, 9.17) is 16.0 Å². The van der Waals surface area contributed by atoms with Crippen molar-refractivity contribution in [1.29, 1.82) is 0 Å². The number of halogens is 1. The number of hydrogen-bond acceptors (Lipinski definition) is 4. The fraction of sp³-hybridized carbons (Fsp3) is 0. The van der Waals surface area contributed by atoms with Crippen molar-refractivity contribution in [2.45, 2.75) is 0 Å². The van der Waals surface area contributed by atoms with E-state index in [9.17, 15) is 5.11 Å². The number of fused-ring (bicyclic) bond motifs is 1. The molecular formula is C20H13ClN2O2. The Morgan fingerprint density at radius 3 is 2.64 bits per heavy atom. The lowest BCUT2D eigenvalue weighted by molar-refractivity contribution is 0.474. The number of para-hydroxylation sites is 1. The van der Waals surface area contributed by atoms with Crippen molar-refractivity contribution < 1.29 is 9.52 Å². The normalized spacial score (nSPS) is 11.4. The Labute approximate surface area is 149 Å². The zero-order valence-corrected chi connectivity index (χ0v) is 13.8. The van der Waals surface area contributed by atoms with Gasteiger partial charge in [-0.15, -0.1) is 0 Å². The first kappa shape index (κ1) is 15.4. The minimum absolute atomic E-state index is 0.190. The van der Waals surface area contributed by atoms with Gasteiger partial charge in [-0.3, -0.25) is 4.99 Å². The van der Waals surface area contributed by atoms with E-state index in [2.05, 4.69) is 9.98 Å². The molecule has 0 spiro atoms. The summed E-state index contributed by atoms with van der Waals surface area (Å²) in [4.78, 5) is 8.90. The van der Waals surface area contributed by atoms with Gasteiger partial charge in [0, 0.05) is 11.8 Å². The summed E-state index contributed by atoms with van der Waals surface area (Å²) in [7, 11) is 0. The van der Waals surface area contributed by atoms with Crippen LogP contribution < -0.4 is 0 Å². The summed E-state index contributed by atoms with van der Waals surface area (Å²) in [5, 5.41) is 10.4. The van der Waals surface area contributed by atoms with Crippen molar-refractivity contribution in [3.63, 3.8) is 0 Å². The summed E-state index contributed by atoms with van der Waals surface area (Å²) >= 11 is 6.20. The lowest BCUT2D eigenvalue weighted by Gasteiger charge is -1.97. The fourth-order valence-electron chi connectivity index (χ4n) is 2.49. The highest BCUT2D eigenvalue weighted by Crippen LogP contribution is 2.31. The molecule has 4 nitrogen and oxygen atoms in total. The molecule has 0 aliphatic rings. The predicted molar refractivity (Wildman–Crippen MR) is 99.8 cm³/mol. The van der Waals surface area contributed by atoms with E-state index >= 15 is 0 Å². The van der Waals surface area contributed by atoms with Gasteiger partial charge < -0.3 is 9.52 Å². The molecule has 0 saturated heterocycles. The van der Waals surface area contributed by atoms with Crippen LogP contribution in [0.5, 0.6) is 5.75 Å². The van der Waals surface area contributed by atoms with Gasteiger partial charge in [0.2, 0.25) is 5.89 Å². The number of oxazole rings is 1. The Morgan fingerprint density at radius 2 is 1.80 bits per heavy atom. The second-order valence-corrected chi connectivity index (χ2v) is 5.88. The summed E-state index contributed by atoms with van der Waals surface area (Å²) in [5.41, 5.74) is 3.48. The highest BCUT2D eigenvalue weighted by molar-refractivity contribution is 6.33. The third-order valence-electron chi connectivity index (χ3n) is 3.76. The quantitative estimate of drug-likeness (QED) is 0.490. The van der Waals surface area contributed by atoms with E-state index in [1.165, 1.54) is 0 Å². The summed E-state index contributed by atoms with van der Waals surface area (Å²) < 4.78 is 5.78. The number of phenols is 1. The van der Waals surface area contributed by atoms with E-state index in [1.54, 1.807) is 30.5 Å². The molecule has 0 radical (unpaired) electrons. The third kappa shape index (κ3) is 3.12. The van der Waals surface area contributed by atoms with Crippen molar-refractivity contribution in [3.05, 3.63) is 77.3 Å². The van der Waals surface area contributed by atoms with Crippen LogP contribution in [-0.2, 0) is 0 Å². The van der Waals surface area contributed by atoms with Gasteiger partial charge in [-0.1, -0.05) is 35.9 Å². The highest BCUT2D eigenvalue weighted by Gasteiger charge is 2.11. The van der Waals surface area contributed by atoms with Crippen LogP contribution in [0.25, 0.3) is 22.6 Å². The van der Waals surface area contributed by atoms with Gasteiger partial charge >= 0.3 is 0 Å². The van der Waals surface area contributed by atoms with Crippen molar-refractivity contribution in [1.82, 2.24) is 4.98 Å². The van der Waals surface area contributed by atoms with Crippen LogP contribution >= 0.6 is 11.6 Å². The molecule has 0 aliphatic heterocycles. The minimum Gasteiger partial charge on any atom is -0.507 e. The fourth-order valence-corrected chi connectivity index (χ4v) is 2.70. The number of benzene rings is 3. The van der Waals surface area contributed by atoms with Gasteiger partial charge in [-0.2, -0.15) is 0 Å². The highest BCUT2D eigenvalue weighted by atomic mass is 35.5. The summed E-state index contributed by atoms with van der Waals surface area (Å²) in [6.07, 6.45) is 1.62. The number of hydrogen-bond donors (Lipinski definition) is 1. The summed E-state index contributed by atoms with van der Waals surface area (Å²) in [6, 6.07) is 19.9. The van der Waals surface area contributed by atoms with Crippen LogP contribution in [0.2, 0.25) is 5.02 Å². The standard InChI is InChI=1S/C20H13ClN2O2/c21-16-7-3-2-6-15(16)20-23-17-11-14(9-10-19(17)25-20)22-12-13-5-1-4-8-18(13)24/h1-12,24H. The molecule has 0 bridgehead atoms. The molecule has 1 heterocycles. The lowest BCUT2D eigenvalue weighted by Crippen LogP contribution is -1.80. The van der Waals surface area contributed by atoms with Gasteiger partial charge in [-0.25, -0.2) is 4.98 Å². The largest absolute Gasteiger partial charge is 0.507 e. The molecular weight excluding hydrogens is 336 g/mol. The zero-order chi connectivity index (χ0) is 17.2. The first-order valence-corrected chi connectivity index (χ1v) is 8.06. The van der Waals surface area contributed by atoms with Crippen LogP contribution in [0, 0.1) is 0 Å². The second-order valence-electron chi connectivity index (χ2n) is 5.47. The second kappa shape index (κ2) is 6.42. The molecule has 0 unspecified atom stereocenters. The average molecular weight is 349 g/mol. The Morgan fingerprint density at radius 1 is 1.00 bits per heavy atom. The van der Waals surface area contributed by atoms with E-state index in [1.807, 2.05) is 42.5 Å². The predicted octanol–water partition coefficient (Wildman–Crippen LogP) is 5.60. The van der Waals surface area contributed by atoms with Crippen LogP contribution in [0.1, 0.15) is 5.56 Å². The molecule has 0 aliphatic carbocycles. The first-order chi connectivity index (χ1) is 12.2.